The lowest BCUT2D eigenvalue weighted by Crippen LogP contribution is -2.37. The Hall–Kier alpha value is -1.79. The van der Waals surface area contributed by atoms with Crippen LogP contribution in [0.4, 0.5) is 5.69 Å². The van der Waals surface area contributed by atoms with Gasteiger partial charge in [-0.2, -0.15) is 0 Å². The maximum atomic E-state index is 12.5. The van der Waals surface area contributed by atoms with E-state index < -0.39 is 0 Å². The van der Waals surface area contributed by atoms with Crippen molar-refractivity contribution in [2.45, 2.75) is 0 Å². The molecule has 1 amide bonds. The summed E-state index contributed by atoms with van der Waals surface area (Å²) >= 11 is 3.47. The first-order valence-electron chi connectivity index (χ1n) is 7.59. The highest BCUT2D eigenvalue weighted by Crippen LogP contribution is 2.35. The van der Waals surface area contributed by atoms with Gasteiger partial charge in [-0.1, -0.05) is 28.1 Å². The number of morpholine rings is 1. The third-order valence-corrected chi connectivity index (χ3v) is 4.48. The number of hydrogen-bond donors (Lipinski definition) is 1. The van der Waals surface area contributed by atoms with Crippen molar-refractivity contribution >= 4 is 27.5 Å². The lowest BCUT2D eigenvalue weighted by atomic mass is 10.1. The van der Waals surface area contributed by atoms with Gasteiger partial charge in [0.15, 0.2) is 0 Å². The number of hydrogen-bond acceptors (Lipinski definition) is 3. The summed E-state index contributed by atoms with van der Waals surface area (Å²) in [5, 5.41) is 0. The zero-order chi connectivity index (χ0) is 16.4. The first-order chi connectivity index (χ1) is 11.1. The van der Waals surface area contributed by atoms with Gasteiger partial charge in [-0.15, -0.1) is 0 Å². The van der Waals surface area contributed by atoms with Crippen molar-refractivity contribution in [2.24, 2.45) is 0 Å². The molecule has 5 nitrogen and oxygen atoms in total. The molecule has 3 rings (SSSR count). The lowest BCUT2D eigenvalue weighted by Gasteiger charge is -2.30. The van der Waals surface area contributed by atoms with Gasteiger partial charge in [0.05, 0.1) is 18.9 Å². The zero-order valence-corrected chi connectivity index (χ0v) is 14.9. The van der Waals surface area contributed by atoms with Crippen molar-refractivity contribution in [3.8, 4) is 11.1 Å². The van der Waals surface area contributed by atoms with E-state index in [9.17, 15) is 4.79 Å². The van der Waals surface area contributed by atoms with Crippen LogP contribution in [-0.4, -0.2) is 56.2 Å². The van der Waals surface area contributed by atoms with Gasteiger partial charge in [0.2, 0.25) is 0 Å². The number of anilines is 1. The van der Waals surface area contributed by atoms with E-state index in [0.717, 1.165) is 34.4 Å². The van der Waals surface area contributed by atoms with E-state index in [4.69, 9.17) is 4.74 Å². The second kappa shape index (κ2) is 6.76. The number of aromatic amines is 1. The van der Waals surface area contributed by atoms with Gasteiger partial charge >= 0.3 is 0 Å². The Labute approximate surface area is 144 Å². The Morgan fingerprint density at radius 3 is 2.48 bits per heavy atom. The smallest absolute Gasteiger partial charge is 0.271 e. The normalized spacial score (nSPS) is 14.8. The molecule has 1 aromatic heterocycles. The molecular weight excluding hydrogens is 358 g/mol. The summed E-state index contributed by atoms with van der Waals surface area (Å²) in [5.41, 5.74) is 3.73. The highest BCUT2D eigenvalue weighted by molar-refractivity contribution is 9.10. The standard InChI is InChI=1S/C17H20BrN3O2/c1-20(2)17(22)15-16(21-7-9-23-10-8-21)14(11-19-15)12-3-5-13(18)6-4-12/h3-6,11,19H,7-10H2,1-2H3. The first-order valence-corrected chi connectivity index (χ1v) is 8.39. The maximum Gasteiger partial charge on any atom is 0.271 e. The van der Waals surface area contributed by atoms with Crippen LogP contribution in [0.1, 0.15) is 10.5 Å². The first kappa shape index (κ1) is 16.1. The largest absolute Gasteiger partial charge is 0.378 e. The van der Waals surface area contributed by atoms with E-state index in [1.807, 2.05) is 18.3 Å². The number of benzene rings is 1. The van der Waals surface area contributed by atoms with Crippen LogP contribution >= 0.6 is 15.9 Å². The van der Waals surface area contributed by atoms with Crippen molar-refractivity contribution in [3.05, 3.63) is 40.6 Å². The third kappa shape index (κ3) is 3.28. The van der Waals surface area contributed by atoms with Crippen LogP contribution in [0.5, 0.6) is 0 Å². The van der Waals surface area contributed by atoms with Gasteiger partial charge in [-0.25, -0.2) is 0 Å². The number of aromatic nitrogens is 1. The van der Waals surface area contributed by atoms with Crippen molar-refractivity contribution in [1.82, 2.24) is 9.88 Å². The minimum absolute atomic E-state index is 0.0187. The number of H-pyrrole nitrogens is 1. The number of amides is 1. The molecule has 122 valence electrons. The summed E-state index contributed by atoms with van der Waals surface area (Å²) in [4.78, 5) is 19.5. The SMILES string of the molecule is CN(C)C(=O)c1[nH]cc(-c2ccc(Br)cc2)c1N1CCOCC1. The monoisotopic (exact) mass is 377 g/mol. The molecule has 1 aliphatic rings. The van der Waals surface area contributed by atoms with Crippen molar-refractivity contribution < 1.29 is 9.53 Å². The quantitative estimate of drug-likeness (QED) is 0.894. The van der Waals surface area contributed by atoms with E-state index in [2.05, 4.69) is 37.9 Å². The molecule has 2 heterocycles. The van der Waals surface area contributed by atoms with E-state index in [0.29, 0.717) is 18.9 Å². The van der Waals surface area contributed by atoms with Crippen LogP contribution in [0.2, 0.25) is 0 Å². The Kier molecular flexibility index (Phi) is 4.73. The second-order valence-electron chi connectivity index (χ2n) is 5.73. The summed E-state index contributed by atoms with van der Waals surface area (Å²) in [5.74, 6) is -0.0187. The Balaban J connectivity index is 2.08. The highest BCUT2D eigenvalue weighted by atomic mass is 79.9. The molecule has 0 atom stereocenters. The Bertz CT molecular complexity index is 688. The maximum absolute atomic E-state index is 12.5. The second-order valence-corrected chi connectivity index (χ2v) is 6.65. The summed E-state index contributed by atoms with van der Waals surface area (Å²) in [6.07, 6.45) is 1.92. The molecule has 0 bridgehead atoms. The molecule has 1 aromatic carbocycles. The van der Waals surface area contributed by atoms with E-state index in [-0.39, 0.29) is 5.91 Å². The molecule has 0 unspecified atom stereocenters. The molecule has 0 spiro atoms. The summed E-state index contributed by atoms with van der Waals surface area (Å²) < 4.78 is 6.49. The summed E-state index contributed by atoms with van der Waals surface area (Å²) in [6, 6.07) is 8.14. The van der Waals surface area contributed by atoms with Crippen LogP contribution in [0.15, 0.2) is 34.9 Å². The molecular formula is C17H20BrN3O2. The fourth-order valence-electron chi connectivity index (χ4n) is 2.77. The molecule has 1 N–H and O–H groups in total. The number of ether oxygens (including phenoxy) is 1. The van der Waals surface area contributed by atoms with Gasteiger partial charge in [0, 0.05) is 43.4 Å². The lowest BCUT2D eigenvalue weighted by molar-refractivity contribution is 0.0822. The van der Waals surface area contributed by atoms with Crippen LogP contribution in [0.25, 0.3) is 11.1 Å². The number of halogens is 1. The fourth-order valence-corrected chi connectivity index (χ4v) is 3.03. The van der Waals surface area contributed by atoms with Gasteiger partial charge < -0.3 is 19.5 Å². The molecule has 0 aliphatic carbocycles. The molecule has 6 heteroatoms. The van der Waals surface area contributed by atoms with E-state index in [1.54, 1.807) is 19.0 Å². The fraction of sp³-hybridized carbons (Fsp3) is 0.353. The van der Waals surface area contributed by atoms with Crippen molar-refractivity contribution in [3.63, 3.8) is 0 Å². The molecule has 2 aromatic rings. The molecule has 1 aliphatic heterocycles. The molecule has 23 heavy (non-hydrogen) atoms. The topological polar surface area (TPSA) is 48.6 Å². The summed E-state index contributed by atoms with van der Waals surface area (Å²) in [7, 11) is 3.54. The van der Waals surface area contributed by atoms with E-state index >= 15 is 0 Å². The van der Waals surface area contributed by atoms with Gasteiger partial charge in [0.25, 0.3) is 5.91 Å². The molecule has 0 radical (unpaired) electrons. The average Bonchev–Trinajstić information content (AvgIpc) is 3.00. The number of carbonyl (C=O) groups is 1. The third-order valence-electron chi connectivity index (χ3n) is 3.96. The molecule has 1 saturated heterocycles. The minimum atomic E-state index is -0.0187. The number of nitrogens with one attached hydrogen (secondary N) is 1. The Morgan fingerprint density at radius 1 is 1.22 bits per heavy atom. The molecule has 0 saturated carbocycles. The van der Waals surface area contributed by atoms with Crippen LogP contribution < -0.4 is 4.90 Å². The zero-order valence-electron chi connectivity index (χ0n) is 13.3. The minimum Gasteiger partial charge on any atom is -0.378 e. The predicted octanol–water partition coefficient (Wildman–Crippen LogP) is 2.98. The van der Waals surface area contributed by atoms with Crippen LogP contribution in [0, 0.1) is 0 Å². The predicted molar refractivity (Wildman–Crippen MR) is 95.0 cm³/mol. The summed E-state index contributed by atoms with van der Waals surface area (Å²) in [6.45, 7) is 2.94. The van der Waals surface area contributed by atoms with Gasteiger partial charge in [-0.05, 0) is 17.7 Å². The van der Waals surface area contributed by atoms with Crippen molar-refractivity contribution in [1.29, 1.82) is 0 Å². The Morgan fingerprint density at radius 2 is 1.87 bits per heavy atom. The van der Waals surface area contributed by atoms with Gasteiger partial charge in [-0.3, -0.25) is 4.79 Å². The van der Waals surface area contributed by atoms with Gasteiger partial charge in [0.1, 0.15) is 5.69 Å². The van der Waals surface area contributed by atoms with Crippen molar-refractivity contribution in [2.75, 3.05) is 45.3 Å². The highest BCUT2D eigenvalue weighted by Gasteiger charge is 2.25. The number of rotatable bonds is 3. The number of carbonyl (C=O) groups excluding carboxylic acids is 1. The van der Waals surface area contributed by atoms with Crippen LogP contribution in [0.3, 0.4) is 0 Å². The van der Waals surface area contributed by atoms with Crippen LogP contribution in [-0.2, 0) is 4.74 Å². The van der Waals surface area contributed by atoms with E-state index in [1.165, 1.54) is 0 Å². The molecule has 1 fully saturated rings. The average molecular weight is 378 g/mol. The number of nitrogens with zero attached hydrogens (tertiary/aromatic N) is 2.